The summed E-state index contributed by atoms with van der Waals surface area (Å²) in [7, 11) is 3.25. The number of ether oxygens (including phenoxy) is 2. The van der Waals surface area contributed by atoms with E-state index in [1.54, 1.807) is 14.2 Å². The van der Waals surface area contributed by atoms with Gasteiger partial charge in [-0.2, -0.15) is 0 Å². The van der Waals surface area contributed by atoms with E-state index in [2.05, 4.69) is 21.2 Å². The van der Waals surface area contributed by atoms with Crippen LogP contribution < -0.4 is 14.8 Å². The Kier molecular flexibility index (Phi) is 4.57. The van der Waals surface area contributed by atoms with Crippen molar-refractivity contribution >= 4 is 21.8 Å². The highest BCUT2D eigenvalue weighted by Crippen LogP contribution is 2.39. The molecule has 0 saturated carbocycles. The van der Waals surface area contributed by atoms with Crippen LogP contribution in [0.25, 0.3) is 0 Å². The molecule has 23 heavy (non-hydrogen) atoms. The molecule has 1 aliphatic rings. The fourth-order valence-corrected chi connectivity index (χ4v) is 3.43. The first-order chi connectivity index (χ1) is 11.1. The van der Waals surface area contributed by atoms with Crippen molar-refractivity contribution in [2.45, 2.75) is 18.9 Å². The van der Waals surface area contributed by atoms with Crippen LogP contribution in [0.1, 0.15) is 33.9 Å². The molecule has 0 aliphatic heterocycles. The molecular weight excluding hydrogens is 358 g/mol. The molecule has 1 aliphatic carbocycles. The zero-order chi connectivity index (χ0) is 16.4. The summed E-state index contributed by atoms with van der Waals surface area (Å²) >= 11 is 3.42. The van der Waals surface area contributed by atoms with E-state index in [-0.39, 0.29) is 11.9 Å². The van der Waals surface area contributed by atoms with Gasteiger partial charge in [-0.25, -0.2) is 0 Å². The lowest BCUT2D eigenvalue weighted by molar-refractivity contribution is 0.0936. The standard InChI is InChI=1S/C18H18BrNO3/c1-22-16-9-11-7-8-15(13(11)10-17(16)23-2)20-18(21)12-5-3-4-6-14(12)19/h3-6,9-10,15H,7-8H2,1-2H3,(H,20,21). The number of fused-ring (bicyclic) bond motifs is 1. The second-order valence-electron chi connectivity index (χ2n) is 5.45. The van der Waals surface area contributed by atoms with Crippen molar-refractivity contribution < 1.29 is 14.3 Å². The highest BCUT2D eigenvalue weighted by atomic mass is 79.9. The third-order valence-electron chi connectivity index (χ3n) is 4.15. The zero-order valence-electron chi connectivity index (χ0n) is 13.1. The first-order valence-electron chi connectivity index (χ1n) is 7.44. The molecule has 0 radical (unpaired) electrons. The van der Waals surface area contributed by atoms with Crippen LogP contribution in [0.15, 0.2) is 40.9 Å². The van der Waals surface area contributed by atoms with E-state index in [1.807, 2.05) is 36.4 Å². The number of carbonyl (C=O) groups is 1. The molecule has 0 aromatic heterocycles. The van der Waals surface area contributed by atoms with E-state index in [0.29, 0.717) is 11.3 Å². The summed E-state index contributed by atoms with van der Waals surface area (Å²) in [5, 5.41) is 3.12. The number of benzene rings is 2. The number of hydrogen-bond donors (Lipinski definition) is 1. The highest BCUT2D eigenvalue weighted by Gasteiger charge is 2.27. The second kappa shape index (κ2) is 6.62. The summed E-state index contributed by atoms with van der Waals surface area (Å²) in [5.41, 5.74) is 2.93. The number of amides is 1. The molecule has 2 aromatic rings. The predicted octanol–water partition coefficient (Wildman–Crippen LogP) is 3.88. The number of hydrogen-bond acceptors (Lipinski definition) is 3. The van der Waals surface area contributed by atoms with Gasteiger partial charge in [-0.15, -0.1) is 0 Å². The van der Waals surface area contributed by atoms with Crippen molar-refractivity contribution in [3.8, 4) is 11.5 Å². The molecule has 0 bridgehead atoms. The normalized spacial score (nSPS) is 15.9. The van der Waals surface area contributed by atoms with Crippen molar-refractivity contribution in [3.05, 3.63) is 57.6 Å². The maximum atomic E-state index is 12.5. The lowest BCUT2D eigenvalue weighted by Gasteiger charge is -2.16. The molecule has 1 unspecified atom stereocenters. The van der Waals surface area contributed by atoms with E-state index in [9.17, 15) is 4.79 Å². The minimum Gasteiger partial charge on any atom is -0.493 e. The Morgan fingerprint density at radius 3 is 2.57 bits per heavy atom. The molecule has 4 nitrogen and oxygen atoms in total. The number of rotatable bonds is 4. The van der Waals surface area contributed by atoms with Crippen LogP contribution in [-0.2, 0) is 6.42 Å². The molecule has 1 amide bonds. The fourth-order valence-electron chi connectivity index (χ4n) is 2.96. The van der Waals surface area contributed by atoms with Gasteiger partial charge in [-0.3, -0.25) is 4.79 Å². The molecule has 0 saturated heterocycles. The van der Waals surface area contributed by atoms with Crippen molar-refractivity contribution in [2.75, 3.05) is 14.2 Å². The summed E-state index contributed by atoms with van der Waals surface area (Å²) in [6.07, 6.45) is 1.79. The second-order valence-corrected chi connectivity index (χ2v) is 6.30. The molecule has 3 rings (SSSR count). The van der Waals surface area contributed by atoms with Gasteiger partial charge < -0.3 is 14.8 Å². The van der Waals surface area contributed by atoms with Gasteiger partial charge in [-0.1, -0.05) is 12.1 Å². The van der Waals surface area contributed by atoms with Crippen LogP contribution in [0.4, 0.5) is 0 Å². The molecule has 0 fully saturated rings. The minimum atomic E-state index is -0.0786. The van der Waals surface area contributed by atoms with Gasteiger partial charge in [0.2, 0.25) is 0 Å². The summed E-state index contributed by atoms with van der Waals surface area (Å²) in [6.45, 7) is 0. The van der Waals surface area contributed by atoms with Gasteiger partial charge in [0.15, 0.2) is 11.5 Å². The minimum absolute atomic E-state index is 0.00980. The maximum absolute atomic E-state index is 12.5. The molecule has 0 heterocycles. The monoisotopic (exact) mass is 375 g/mol. The zero-order valence-corrected chi connectivity index (χ0v) is 14.6. The van der Waals surface area contributed by atoms with Gasteiger partial charge in [-0.05, 0) is 64.2 Å². The van der Waals surface area contributed by atoms with Gasteiger partial charge in [0.05, 0.1) is 25.8 Å². The Balaban J connectivity index is 1.85. The van der Waals surface area contributed by atoms with E-state index in [4.69, 9.17) is 9.47 Å². The molecule has 1 atom stereocenters. The number of nitrogens with one attached hydrogen (secondary N) is 1. The molecule has 1 N–H and O–H groups in total. The van der Waals surface area contributed by atoms with E-state index in [1.165, 1.54) is 5.56 Å². The van der Waals surface area contributed by atoms with E-state index < -0.39 is 0 Å². The van der Waals surface area contributed by atoms with E-state index >= 15 is 0 Å². The van der Waals surface area contributed by atoms with Gasteiger partial charge >= 0.3 is 0 Å². The summed E-state index contributed by atoms with van der Waals surface area (Å²) in [6, 6.07) is 11.4. The Hall–Kier alpha value is -2.01. The third-order valence-corrected chi connectivity index (χ3v) is 4.84. The van der Waals surface area contributed by atoms with Crippen LogP contribution in [0.3, 0.4) is 0 Å². The Bertz CT molecular complexity index is 745. The summed E-state index contributed by atoms with van der Waals surface area (Å²) in [5.74, 6) is 1.34. The first kappa shape index (κ1) is 15.9. The van der Waals surface area contributed by atoms with Crippen LogP contribution in [0, 0.1) is 0 Å². The topological polar surface area (TPSA) is 47.6 Å². The van der Waals surface area contributed by atoms with Crippen molar-refractivity contribution in [2.24, 2.45) is 0 Å². The average molecular weight is 376 g/mol. The lowest BCUT2D eigenvalue weighted by atomic mass is 10.1. The fraction of sp³-hybridized carbons (Fsp3) is 0.278. The van der Waals surface area contributed by atoms with Crippen molar-refractivity contribution in [3.63, 3.8) is 0 Å². The number of aryl methyl sites for hydroxylation is 1. The molecule has 120 valence electrons. The SMILES string of the molecule is COc1cc2c(cc1OC)C(NC(=O)c1ccccc1Br)CC2. The van der Waals surface area contributed by atoms with Crippen molar-refractivity contribution in [1.82, 2.24) is 5.32 Å². The first-order valence-corrected chi connectivity index (χ1v) is 8.23. The Morgan fingerprint density at radius 2 is 1.87 bits per heavy atom. The lowest BCUT2D eigenvalue weighted by Crippen LogP contribution is -2.27. The summed E-state index contributed by atoms with van der Waals surface area (Å²) in [4.78, 5) is 12.5. The van der Waals surface area contributed by atoms with Crippen molar-refractivity contribution in [1.29, 1.82) is 0 Å². The van der Waals surface area contributed by atoms with Crippen LogP contribution in [0.5, 0.6) is 11.5 Å². The maximum Gasteiger partial charge on any atom is 0.252 e. The van der Waals surface area contributed by atoms with Gasteiger partial charge in [0.25, 0.3) is 5.91 Å². The predicted molar refractivity (Wildman–Crippen MR) is 92.2 cm³/mol. The quantitative estimate of drug-likeness (QED) is 0.881. The Labute approximate surface area is 143 Å². The number of halogens is 1. The van der Waals surface area contributed by atoms with Gasteiger partial charge in [0, 0.05) is 4.47 Å². The molecular formula is C18H18BrNO3. The van der Waals surface area contributed by atoms with Crippen LogP contribution in [0.2, 0.25) is 0 Å². The molecule has 5 heteroatoms. The average Bonchev–Trinajstić information content (AvgIpc) is 2.95. The highest BCUT2D eigenvalue weighted by molar-refractivity contribution is 9.10. The van der Waals surface area contributed by atoms with E-state index in [0.717, 1.165) is 28.6 Å². The smallest absolute Gasteiger partial charge is 0.252 e. The van der Waals surface area contributed by atoms with Gasteiger partial charge in [0.1, 0.15) is 0 Å². The van der Waals surface area contributed by atoms with Crippen LogP contribution >= 0.6 is 15.9 Å². The third kappa shape index (κ3) is 3.06. The number of methoxy groups -OCH3 is 2. The largest absolute Gasteiger partial charge is 0.493 e. The van der Waals surface area contributed by atoms with Crippen LogP contribution in [-0.4, -0.2) is 20.1 Å². The summed E-state index contributed by atoms with van der Waals surface area (Å²) < 4.78 is 11.5. The number of carbonyl (C=O) groups excluding carboxylic acids is 1. The molecule has 0 spiro atoms. The Morgan fingerprint density at radius 1 is 1.17 bits per heavy atom. The molecule has 2 aromatic carbocycles.